The summed E-state index contributed by atoms with van der Waals surface area (Å²) in [7, 11) is 1.88. The predicted molar refractivity (Wildman–Crippen MR) is 69.3 cm³/mol. The number of carboxylic acid groups (broad SMARTS) is 1. The second kappa shape index (κ2) is 5.52. The van der Waals surface area contributed by atoms with Crippen LogP contribution in [0, 0.1) is 0 Å². The number of aliphatic carboxylic acids is 1. The molecule has 0 spiro atoms. The Kier molecular flexibility index (Phi) is 4.51. The molecule has 5 nitrogen and oxygen atoms in total. The molecule has 0 aromatic carbocycles. The van der Waals surface area contributed by atoms with E-state index < -0.39 is 5.97 Å². The van der Waals surface area contributed by atoms with Crippen molar-refractivity contribution < 1.29 is 14.7 Å². The fourth-order valence-corrected chi connectivity index (χ4v) is 2.34. The Bertz CT molecular complexity index is 352. The molecule has 1 saturated heterocycles. The lowest BCUT2D eigenvalue weighted by atomic mass is 9.93. The predicted octanol–water partition coefficient (Wildman–Crippen LogP) is 0.958. The van der Waals surface area contributed by atoms with Crippen LogP contribution in [0.25, 0.3) is 0 Å². The first-order valence-corrected chi connectivity index (χ1v) is 6.14. The summed E-state index contributed by atoms with van der Waals surface area (Å²) in [6.45, 7) is 8.92. The zero-order chi connectivity index (χ0) is 13.9. The molecule has 1 fully saturated rings. The average Bonchev–Trinajstić information content (AvgIpc) is 2.26. The molecule has 1 aliphatic rings. The zero-order valence-corrected chi connectivity index (χ0v) is 11.3. The summed E-state index contributed by atoms with van der Waals surface area (Å²) in [5, 5.41) is 8.76. The third kappa shape index (κ3) is 3.10. The maximum atomic E-state index is 12.3. The number of hydrogen-bond donors (Lipinski definition) is 1. The molecule has 1 amide bonds. The molecule has 102 valence electrons. The Morgan fingerprint density at radius 2 is 2.22 bits per heavy atom. The summed E-state index contributed by atoms with van der Waals surface area (Å²) in [5.41, 5.74) is -0.153. The van der Waals surface area contributed by atoms with E-state index in [4.69, 9.17) is 5.11 Å². The molecule has 0 aromatic heterocycles. The van der Waals surface area contributed by atoms with Crippen LogP contribution in [-0.4, -0.2) is 58.5 Å². The molecule has 1 heterocycles. The van der Waals surface area contributed by atoms with Gasteiger partial charge in [-0.25, -0.2) is 0 Å². The van der Waals surface area contributed by atoms with Crippen molar-refractivity contribution in [2.45, 2.75) is 38.3 Å². The normalized spacial score (nSPS) is 24.1. The summed E-state index contributed by atoms with van der Waals surface area (Å²) in [6, 6.07) is -0.357. The number of carbonyl (C=O) groups excluding carboxylic acids is 1. The number of piperazine rings is 1. The lowest BCUT2D eigenvalue weighted by Crippen LogP contribution is -2.65. The van der Waals surface area contributed by atoms with E-state index in [2.05, 4.69) is 20.4 Å². The number of hydrogen-bond acceptors (Lipinski definition) is 3. The van der Waals surface area contributed by atoms with Crippen LogP contribution in [0.1, 0.15) is 26.7 Å². The third-order valence-electron chi connectivity index (χ3n) is 3.58. The summed E-state index contributed by atoms with van der Waals surface area (Å²) in [5.74, 6) is -0.868. The Hall–Kier alpha value is -1.36. The van der Waals surface area contributed by atoms with Crippen LogP contribution in [0.15, 0.2) is 12.7 Å². The van der Waals surface area contributed by atoms with Crippen molar-refractivity contribution in [3.8, 4) is 0 Å². The molecule has 0 bridgehead atoms. The number of rotatable bonds is 5. The van der Waals surface area contributed by atoms with Gasteiger partial charge in [0.2, 0.25) is 5.91 Å². The maximum Gasteiger partial charge on any atom is 0.303 e. The Morgan fingerprint density at radius 3 is 2.72 bits per heavy atom. The Labute approximate surface area is 108 Å². The first-order valence-electron chi connectivity index (χ1n) is 6.14. The second-order valence-corrected chi connectivity index (χ2v) is 5.38. The molecule has 1 rings (SSSR count). The smallest absolute Gasteiger partial charge is 0.303 e. The van der Waals surface area contributed by atoms with Crippen LogP contribution in [0.4, 0.5) is 0 Å². The second-order valence-electron chi connectivity index (χ2n) is 5.38. The van der Waals surface area contributed by atoms with Gasteiger partial charge in [-0.3, -0.25) is 14.5 Å². The molecule has 0 aromatic rings. The van der Waals surface area contributed by atoms with Gasteiger partial charge in [-0.1, -0.05) is 6.08 Å². The van der Waals surface area contributed by atoms with E-state index in [1.54, 1.807) is 11.0 Å². The monoisotopic (exact) mass is 254 g/mol. The van der Waals surface area contributed by atoms with E-state index in [1.807, 2.05) is 11.9 Å². The molecule has 18 heavy (non-hydrogen) atoms. The molecule has 1 aliphatic heterocycles. The summed E-state index contributed by atoms with van der Waals surface area (Å²) >= 11 is 0. The summed E-state index contributed by atoms with van der Waals surface area (Å²) in [6.07, 6.45) is 2.06. The van der Waals surface area contributed by atoms with Crippen LogP contribution in [-0.2, 0) is 9.59 Å². The first-order chi connectivity index (χ1) is 8.29. The SMILES string of the molecule is C=CCN1CC(C)(C)N(C)C(CCC(=O)O)C1=O. The zero-order valence-electron chi connectivity index (χ0n) is 11.3. The van der Waals surface area contributed by atoms with Gasteiger partial charge in [0, 0.05) is 25.0 Å². The van der Waals surface area contributed by atoms with Gasteiger partial charge in [-0.05, 0) is 27.3 Å². The summed E-state index contributed by atoms with van der Waals surface area (Å²) < 4.78 is 0. The van der Waals surface area contributed by atoms with Crippen LogP contribution < -0.4 is 0 Å². The van der Waals surface area contributed by atoms with Crippen LogP contribution >= 0.6 is 0 Å². The van der Waals surface area contributed by atoms with Crippen LogP contribution in [0.2, 0.25) is 0 Å². The van der Waals surface area contributed by atoms with Crippen molar-refractivity contribution in [2.24, 2.45) is 0 Å². The first kappa shape index (κ1) is 14.7. The van der Waals surface area contributed by atoms with E-state index in [0.717, 1.165) is 0 Å². The minimum absolute atomic E-state index is 0.00187. The van der Waals surface area contributed by atoms with Gasteiger partial charge in [0.15, 0.2) is 0 Å². The molecule has 1 atom stereocenters. The van der Waals surface area contributed by atoms with Gasteiger partial charge >= 0.3 is 5.97 Å². The number of likely N-dealkylation sites (N-methyl/N-ethyl adjacent to an activating group) is 1. The summed E-state index contributed by atoms with van der Waals surface area (Å²) in [4.78, 5) is 26.7. The number of carboxylic acids is 1. The van der Waals surface area contributed by atoms with Crippen molar-refractivity contribution in [3.63, 3.8) is 0 Å². The highest BCUT2D eigenvalue weighted by molar-refractivity contribution is 5.83. The number of amides is 1. The molecule has 1 N–H and O–H groups in total. The van der Waals surface area contributed by atoms with Crippen LogP contribution in [0.3, 0.4) is 0 Å². The van der Waals surface area contributed by atoms with E-state index in [-0.39, 0.29) is 23.9 Å². The van der Waals surface area contributed by atoms with Gasteiger partial charge in [-0.15, -0.1) is 6.58 Å². The highest BCUT2D eigenvalue weighted by Gasteiger charge is 2.42. The fourth-order valence-electron chi connectivity index (χ4n) is 2.34. The lowest BCUT2D eigenvalue weighted by Gasteiger charge is -2.49. The van der Waals surface area contributed by atoms with E-state index in [0.29, 0.717) is 19.5 Å². The van der Waals surface area contributed by atoms with Gasteiger partial charge in [0.1, 0.15) is 0 Å². The molecule has 0 aliphatic carbocycles. The molecular weight excluding hydrogens is 232 g/mol. The van der Waals surface area contributed by atoms with Gasteiger partial charge in [-0.2, -0.15) is 0 Å². The van der Waals surface area contributed by atoms with Crippen LogP contribution in [0.5, 0.6) is 0 Å². The molecule has 0 radical (unpaired) electrons. The van der Waals surface area contributed by atoms with Crippen molar-refractivity contribution in [1.29, 1.82) is 0 Å². The van der Waals surface area contributed by atoms with Gasteiger partial charge in [0.25, 0.3) is 0 Å². The number of carbonyl (C=O) groups is 2. The van der Waals surface area contributed by atoms with Gasteiger partial charge < -0.3 is 10.0 Å². The quantitative estimate of drug-likeness (QED) is 0.742. The molecule has 1 unspecified atom stereocenters. The van der Waals surface area contributed by atoms with Crippen molar-refractivity contribution >= 4 is 11.9 Å². The minimum Gasteiger partial charge on any atom is -0.481 e. The van der Waals surface area contributed by atoms with Gasteiger partial charge in [0.05, 0.1) is 6.04 Å². The maximum absolute atomic E-state index is 12.3. The van der Waals surface area contributed by atoms with Crippen molar-refractivity contribution in [2.75, 3.05) is 20.1 Å². The highest BCUT2D eigenvalue weighted by Crippen LogP contribution is 2.26. The standard InChI is InChI=1S/C13H22N2O3/c1-5-8-15-9-13(2,3)14(4)10(12(15)18)6-7-11(16)17/h5,10H,1,6-9H2,2-4H3,(H,16,17). The topological polar surface area (TPSA) is 60.9 Å². The van der Waals surface area contributed by atoms with Crippen molar-refractivity contribution in [3.05, 3.63) is 12.7 Å². The minimum atomic E-state index is -0.866. The largest absolute Gasteiger partial charge is 0.481 e. The average molecular weight is 254 g/mol. The van der Waals surface area contributed by atoms with E-state index in [9.17, 15) is 9.59 Å². The Balaban J connectivity index is 2.85. The third-order valence-corrected chi connectivity index (χ3v) is 3.58. The highest BCUT2D eigenvalue weighted by atomic mass is 16.4. The molecular formula is C13H22N2O3. The molecule has 0 saturated carbocycles. The molecule has 5 heteroatoms. The Morgan fingerprint density at radius 1 is 1.61 bits per heavy atom. The lowest BCUT2D eigenvalue weighted by molar-refractivity contribution is -0.148. The van der Waals surface area contributed by atoms with Crippen molar-refractivity contribution in [1.82, 2.24) is 9.80 Å². The fraction of sp³-hybridized carbons (Fsp3) is 0.692. The number of nitrogens with zero attached hydrogens (tertiary/aromatic N) is 2. The van der Waals surface area contributed by atoms with E-state index in [1.165, 1.54) is 0 Å². The van der Waals surface area contributed by atoms with E-state index >= 15 is 0 Å².